The van der Waals surface area contributed by atoms with Gasteiger partial charge in [-0.05, 0) is 5.56 Å². The van der Waals surface area contributed by atoms with Crippen molar-refractivity contribution in [2.24, 2.45) is 0 Å². The summed E-state index contributed by atoms with van der Waals surface area (Å²) in [5.41, 5.74) is 1.17. The van der Waals surface area contributed by atoms with Crippen molar-refractivity contribution < 1.29 is 27.3 Å². The quantitative estimate of drug-likeness (QED) is 0.497. The third-order valence-corrected chi connectivity index (χ3v) is 2.80. The van der Waals surface area contributed by atoms with Gasteiger partial charge in [-0.1, -0.05) is 43.0 Å². The Hall–Kier alpha value is -2.25. The molecule has 0 atom stereocenters. The second kappa shape index (κ2) is 6.07. The molecule has 0 bridgehead atoms. The minimum absolute atomic E-state index is 0.414. The van der Waals surface area contributed by atoms with Crippen LogP contribution in [0.25, 0.3) is 6.08 Å². The summed E-state index contributed by atoms with van der Waals surface area (Å²) in [4.78, 5) is 19.6. The number of hydrogen-bond donors (Lipinski definition) is 1. The van der Waals surface area contributed by atoms with E-state index in [4.69, 9.17) is 4.55 Å². The second-order valence-corrected chi connectivity index (χ2v) is 4.70. The summed E-state index contributed by atoms with van der Waals surface area (Å²) in [6.07, 6.45) is 2.25. The lowest BCUT2D eigenvalue weighted by Crippen LogP contribution is -2.09. The van der Waals surface area contributed by atoms with Crippen LogP contribution in [0.4, 0.5) is 0 Å². The lowest BCUT2D eigenvalue weighted by Gasteiger charge is -1.90. The zero-order chi connectivity index (χ0) is 14.5. The molecule has 0 aromatic heterocycles. The van der Waals surface area contributed by atoms with Crippen molar-refractivity contribution in [3.05, 3.63) is 53.5 Å². The zero-order valence-corrected chi connectivity index (χ0v) is 10.5. The molecule has 0 fully saturated rings. The molecular formula is C12H10O6S. The van der Waals surface area contributed by atoms with Gasteiger partial charge in [-0.15, -0.1) is 0 Å². The number of benzene rings is 1. The van der Waals surface area contributed by atoms with E-state index in [0.717, 1.165) is 0 Å². The largest absolute Gasteiger partial charge is 0.386 e. The predicted octanol–water partition coefficient (Wildman–Crippen LogP) is 1.17. The molecule has 1 aromatic carbocycles. The first-order chi connectivity index (χ1) is 8.84. The van der Waals surface area contributed by atoms with Crippen LogP contribution < -0.4 is 0 Å². The predicted molar refractivity (Wildman–Crippen MR) is 67.3 cm³/mol. The SMILES string of the molecule is C=Cc1ccccc1.O=C1C=C(S(=O)(=O)O)C(=O)O1. The van der Waals surface area contributed by atoms with Crippen LogP contribution in [0.15, 0.2) is 47.9 Å². The maximum absolute atomic E-state index is 10.4. The maximum atomic E-state index is 10.4. The van der Waals surface area contributed by atoms with Gasteiger partial charge in [0.25, 0.3) is 0 Å². The molecule has 2 rings (SSSR count). The highest BCUT2D eigenvalue weighted by atomic mass is 32.2. The zero-order valence-electron chi connectivity index (χ0n) is 9.65. The summed E-state index contributed by atoms with van der Waals surface area (Å²) in [5, 5.41) is 0. The van der Waals surface area contributed by atoms with Crippen molar-refractivity contribution in [2.75, 3.05) is 0 Å². The Bertz CT molecular complexity index is 627. The fourth-order valence-corrected chi connectivity index (χ4v) is 1.60. The summed E-state index contributed by atoms with van der Waals surface area (Å²) < 4.78 is 32.5. The van der Waals surface area contributed by atoms with Crippen LogP contribution in [0, 0.1) is 0 Å². The highest BCUT2D eigenvalue weighted by Gasteiger charge is 2.32. The van der Waals surface area contributed by atoms with Crippen molar-refractivity contribution in [1.82, 2.24) is 0 Å². The van der Waals surface area contributed by atoms with Crippen molar-refractivity contribution in [3.8, 4) is 0 Å². The molecular weight excluding hydrogens is 272 g/mol. The average molecular weight is 282 g/mol. The third-order valence-electron chi connectivity index (χ3n) is 1.96. The van der Waals surface area contributed by atoms with Gasteiger partial charge in [0, 0.05) is 0 Å². The molecule has 0 radical (unpaired) electrons. The molecule has 7 heteroatoms. The summed E-state index contributed by atoms with van der Waals surface area (Å²) >= 11 is 0. The first-order valence-electron chi connectivity index (χ1n) is 4.97. The molecule has 1 aliphatic rings. The van der Waals surface area contributed by atoms with E-state index in [1.165, 1.54) is 5.56 Å². The van der Waals surface area contributed by atoms with Crippen molar-refractivity contribution in [2.45, 2.75) is 0 Å². The second-order valence-electron chi connectivity index (χ2n) is 3.31. The smallest absolute Gasteiger partial charge is 0.360 e. The van der Waals surface area contributed by atoms with Gasteiger partial charge in [0.15, 0.2) is 4.91 Å². The Morgan fingerprint density at radius 2 is 1.74 bits per heavy atom. The molecule has 0 amide bonds. The summed E-state index contributed by atoms with van der Waals surface area (Å²) in [5.74, 6) is -2.44. The number of hydrogen-bond acceptors (Lipinski definition) is 5. The number of carbonyl (C=O) groups excluding carboxylic acids is 2. The van der Waals surface area contributed by atoms with E-state index >= 15 is 0 Å². The highest BCUT2D eigenvalue weighted by molar-refractivity contribution is 7.90. The minimum atomic E-state index is -4.62. The lowest BCUT2D eigenvalue weighted by molar-refractivity contribution is -0.150. The van der Waals surface area contributed by atoms with E-state index < -0.39 is 27.0 Å². The van der Waals surface area contributed by atoms with Gasteiger partial charge in [-0.3, -0.25) is 4.55 Å². The lowest BCUT2D eigenvalue weighted by atomic mass is 10.2. The van der Waals surface area contributed by atoms with Crippen LogP contribution in [0.1, 0.15) is 5.56 Å². The molecule has 0 saturated carbocycles. The van der Waals surface area contributed by atoms with E-state index in [-0.39, 0.29) is 0 Å². The van der Waals surface area contributed by atoms with Gasteiger partial charge in [0.05, 0.1) is 6.08 Å². The van der Waals surface area contributed by atoms with Gasteiger partial charge in [0.2, 0.25) is 0 Å². The number of rotatable bonds is 2. The average Bonchev–Trinajstić information content (AvgIpc) is 2.70. The van der Waals surface area contributed by atoms with E-state index in [1.54, 1.807) is 0 Å². The topological polar surface area (TPSA) is 97.7 Å². The minimum Gasteiger partial charge on any atom is -0.386 e. The normalized spacial score (nSPS) is 14.1. The Balaban J connectivity index is 0.000000200. The molecule has 0 saturated heterocycles. The third kappa shape index (κ3) is 4.49. The van der Waals surface area contributed by atoms with Crippen molar-refractivity contribution >= 4 is 28.1 Å². The van der Waals surface area contributed by atoms with Crippen LogP contribution in [0.5, 0.6) is 0 Å². The number of cyclic esters (lactones) is 2. The van der Waals surface area contributed by atoms with Crippen molar-refractivity contribution in [3.63, 3.8) is 0 Å². The summed E-state index contributed by atoms with van der Waals surface area (Å²) in [6, 6.07) is 10.0. The molecule has 1 heterocycles. The van der Waals surface area contributed by atoms with Crippen LogP contribution in [-0.4, -0.2) is 24.9 Å². The molecule has 0 unspecified atom stereocenters. The van der Waals surface area contributed by atoms with Gasteiger partial charge in [-0.25, -0.2) is 9.59 Å². The van der Waals surface area contributed by atoms with Crippen LogP contribution in [0.3, 0.4) is 0 Å². The fraction of sp³-hybridized carbons (Fsp3) is 0. The maximum Gasteiger partial charge on any atom is 0.360 e. The number of carbonyl (C=O) groups is 2. The van der Waals surface area contributed by atoms with Crippen molar-refractivity contribution in [1.29, 1.82) is 0 Å². The van der Waals surface area contributed by atoms with Crippen LogP contribution in [0.2, 0.25) is 0 Å². The van der Waals surface area contributed by atoms with E-state index in [0.29, 0.717) is 6.08 Å². The Morgan fingerprint density at radius 3 is 2.00 bits per heavy atom. The van der Waals surface area contributed by atoms with Crippen LogP contribution in [-0.2, 0) is 24.4 Å². The molecule has 1 aromatic rings. The van der Waals surface area contributed by atoms with Gasteiger partial charge in [-0.2, -0.15) is 8.42 Å². The Labute approximate surface area is 109 Å². The molecule has 19 heavy (non-hydrogen) atoms. The molecule has 1 aliphatic heterocycles. The molecule has 1 N–H and O–H groups in total. The van der Waals surface area contributed by atoms with Gasteiger partial charge >= 0.3 is 22.1 Å². The summed E-state index contributed by atoms with van der Waals surface area (Å²) in [6.45, 7) is 3.63. The van der Waals surface area contributed by atoms with Gasteiger partial charge in [0.1, 0.15) is 0 Å². The Kier molecular flexibility index (Phi) is 4.74. The van der Waals surface area contributed by atoms with Crippen LogP contribution >= 0.6 is 0 Å². The first-order valence-corrected chi connectivity index (χ1v) is 6.41. The number of ether oxygens (including phenoxy) is 1. The van der Waals surface area contributed by atoms with Gasteiger partial charge < -0.3 is 4.74 Å². The standard InChI is InChI=1S/C8H8.C4H2O6S/c1-2-8-6-4-3-5-7-8;5-3-1-2(4(6)10-3)11(7,8)9/h2-7H,1H2;1H,(H,7,8,9). The highest BCUT2D eigenvalue weighted by Crippen LogP contribution is 2.13. The summed E-state index contributed by atoms with van der Waals surface area (Å²) in [7, 11) is -4.62. The van der Waals surface area contributed by atoms with E-state index in [1.807, 2.05) is 36.4 Å². The molecule has 100 valence electrons. The fourth-order valence-electron chi connectivity index (χ4n) is 1.11. The molecule has 0 aliphatic carbocycles. The number of esters is 2. The first kappa shape index (κ1) is 14.8. The van der Waals surface area contributed by atoms with E-state index in [9.17, 15) is 18.0 Å². The molecule has 0 spiro atoms. The van der Waals surface area contributed by atoms with E-state index in [2.05, 4.69) is 11.3 Å². The Morgan fingerprint density at radius 1 is 1.16 bits per heavy atom. The molecule has 6 nitrogen and oxygen atoms in total. The monoisotopic (exact) mass is 282 g/mol.